The largest absolute Gasteiger partial charge is 0.347 e. The molecule has 1 aromatic heterocycles. The summed E-state index contributed by atoms with van der Waals surface area (Å²) >= 11 is 7.40. The molecule has 0 aliphatic carbocycles. The minimum Gasteiger partial charge on any atom is -0.347 e. The van der Waals surface area contributed by atoms with Gasteiger partial charge in [0.15, 0.2) is 0 Å². The summed E-state index contributed by atoms with van der Waals surface area (Å²) < 4.78 is 0.761. The number of rotatable bonds is 3. The lowest BCUT2D eigenvalue weighted by atomic mass is 10.0. The number of thiophene rings is 1. The van der Waals surface area contributed by atoms with Crippen LogP contribution in [0.5, 0.6) is 0 Å². The minimum absolute atomic E-state index is 0.0263. The van der Waals surface area contributed by atoms with E-state index in [-0.39, 0.29) is 18.0 Å². The molecule has 0 bridgehead atoms. The van der Waals surface area contributed by atoms with Gasteiger partial charge in [-0.3, -0.25) is 4.79 Å². The monoisotopic (exact) mass is 272 g/mol. The van der Waals surface area contributed by atoms with Gasteiger partial charge in [-0.1, -0.05) is 18.0 Å². The van der Waals surface area contributed by atoms with Gasteiger partial charge < -0.3 is 10.6 Å². The number of carbonyl (C=O) groups is 1. The molecule has 1 aromatic rings. The Balaban J connectivity index is 1.89. The fraction of sp³-hybridized carbons (Fsp3) is 0.583. The Kier molecular flexibility index (Phi) is 4.42. The van der Waals surface area contributed by atoms with E-state index in [2.05, 4.69) is 10.6 Å². The smallest absolute Gasteiger partial charge is 0.237 e. The van der Waals surface area contributed by atoms with Gasteiger partial charge in [-0.25, -0.2) is 0 Å². The highest BCUT2D eigenvalue weighted by Gasteiger charge is 2.22. The summed E-state index contributed by atoms with van der Waals surface area (Å²) in [6, 6.07) is 3.83. The van der Waals surface area contributed by atoms with Crippen LogP contribution in [-0.4, -0.2) is 18.5 Å². The van der Waals surface area contributed by atoms with E-state index in [1.807, 2.05) is 19.1 Å². The first-order valence-corrected chi connectivity index (χ1v) is 7.15. The van der Waals surface area contributed by atoms with E-state index >= 15 is 0 Å². The quantitative estimate of drug-likeness (QED) is 0.888. The fourth-order valence-electron chi connectivity index (χ4n) is 2.02. The number of hydrogen-bond acceptors (Lipinski definition) is 3. The summed E-state index contributed by atoms with van der Waals surface area (Å²) in [7, 11) is 0. The van der Waals surface area contributed by atoms with Crippen molar-refractivity contribution in [2.24, 2.45) is 0 Å². The first-order chi connectivity index (χ1) is 8.16. The maximum Gasteiger partial charge on any atom is 0.237 e. The van der Waals surface area contributed by atoms with Crippen molar-refractivity contribution in [3.8, 4) is 0 Å². The molecule has 1 aliphatic heterocycles. The second kappa shape index (κ2) is 5.85. The highest BCUT2D eigenvalue weighted by molar-refractivity contribution is 7.16. The highest BCUT2D eigenvalue weighted by Crippen LogP contribution is 2.26. The van der Waals surface area contributed by atoms with E-state index in [9.17, 15) is 4.79 Å². The lowest BCUT2D eigenvalue weighted by Gasteiger charge is -2.24. The summed E-state index contributed by atoms with van der Waals surface area (Å²) in [6.07, 6.45) is 3.23. The molecule has 0 spiro atoms. The molecular weight excluding hydrogens is 256 g/mol. The Labute approximate surface area is 111 Å². The molecule has 1 amide bonds. The second-order valence-corrected chi connectivity index (χ2v) is 6.12. The number of amides is 1. The van der Waals surface area contributed by atoms with Gasteiger partial charge in [-0.05, 0) is 38.4 Å². The van der Waals surface area contributed by atoms with Crippen LogP contribution >= 0.6 is 22.9 Å². The molecule has 2 rings (SSSR count). The molecule has 3 nitrogen and oxygen atoms in total. The van der Waals surface area contributed by atoms with Crippen molar-refractivity contribution in [3.05, 3.63) is 21.3 Å². The van der Waals surface area contributed by atoms with E-state index in [0.29, 0.717) is 0 Å². The molecule has 0 radical (unpaired) electrons. The van der Waals surface area contributed by atoms with Crippen LogP contribution in [0.1, 0.15) is 37.1 Å². The molecule has 17 heavy (non-hydrogen) atoms. The summed E-state index contributed by atoms with van der Waals surface area (Å²) in [4.78, 5) is 13.1. The number of carbonyl (C=O) groups excluding carboxylic acids is 1. The average molecular weight is 273 g/mol. The van der Waals surface area contributed by atoms with Gasteiger partial charge in [0.25, 0.3) is 0 Å². The number of piperidine rings is 1. The van der Waals surface area contributed by atoms with E-state index in [1.165, 1.54) is 17.8 Å². The van der Waals surface area contributed by atoms with Crippen LogP contribution in [0.25, 0.3) is 0 Å². The van der Waals surface area contributed by atoms with E-state index in [0.717, 1.165) is 28.6 Å². The Morgan fingerprint density at radius 1 is 1.59 bits per heavy atom. The summed E-state index contributed by atoms with van der Waals surface area (Å²) in [5.41, 5.74) is 0. The lowest BCUT2D eigenvalue weighted by Crippen LogP contribution is -2.47. The molecule has 1 aliphatic rings. The summed E-state index contributed by atoms with van der Waals surface area (Å²) in [6.45, 7) is 2.93. The zero-order chi connectivity index (χ0) is 12.3. The average Bonchev–Trinajstić information content (AvgIpc) is 2.77. The lowest BCUT2D eigenvalue weighted by molar-refractivity contribution is -0.124. The van der Waals surface area contributed by atoms with Crippen LogP contribution in [-0.2, 0) is 4.79 Å². The molecule has 5 heteroatoms. The van der Waals surface area contributed by atoms with Gasteiger partial charge in [-0.15, -0.1) is 11.3 Å². The van der Waals surface area contributed by atoms with Crippen LogP contribution in [0.3, 0.4) is 0 Å². The van der Waals surface area contributed by atoms with Crippen LogP contribution in [0.15, 0.2) is 12.1 Å². The summed E-state index contributed by atoms with van der Waals surface area (Å²) in [5, 5.41) is 6.28. The molecule has 2 heterocycles. The number of nitrogens with one attached hydrogen (secondary N) is 2. The van der Waals surface area contributed by atoms with Crippen LogP contribution in [0.2, 0.25) is 4.34 Å². The highest BCUT2D eigenvalue weighted by atomic mass is 35.5. The maximum atomic E-state index is 12.0. The zero-order valence-corrected chi connectivity index (χ0v) is 11.4. The standard InChI is InChI=1S/C12H17ClN2OS/c1-8(10-5-6-11(13)17-10)15-12(16)9-4-2-3-7-14-9/h5-6,8-9,14H,2-4,7H2,1H3,(H,15,16). The molecule has 94 valence electrons. The zero-order valence-electron chi connectivity index (χ0n) is 9.83. The Hall–Kier alpha value is -0.580. The topological polar surface area (TPSA) is 41.1 Å². The Morgan fingerprint density at radius 2 is 2.41 bits per heavy atom. The molecular formula is C12H17ClN2OS. The van der Waals surface area contributed by atoms with Crippen molar-refractivity contribution in [1.82, 2.24) is 10.6 Å². The number of halogens is 1. The summed E-state index contributed by atoms with van der Waals surface area (Å²) in [5.74, 6) is 0.0988. The van der Waals surface area contributed by atoms with Crippen molar-refractivity contribution in [2.75, 3.05) is 6.54 Å². The third kappa shape index (κ3) is 3.44. The molecule has 2 N–H and O–H groups in total. The van der Waals surface area contributed by atoms with Gasteiger partial charge in [0.1, 0.15) is 0 Å². The molecule has 1 saturated heterocycles. The third-order valence-corrected chi connectivity index (χ3v) is 4.42. The van der Waals surface area contributed by atoms with E-state index in [1.54, 1.807) is 0 Å². The van der Waals surface area contributed by atoms with Gasteiger partial charge in [-0.2, -0.15) is 0 Å². The van der Waals surface area contributed by atoms with Crippen LogP contribution < -0.4 is 10.6 Å². The Bertz CT molecular complexity index is 388. The van der Waals surface area contributed by atoms with Gasteiger partial charge in [0, 0.05) is 4.88 Å². The van der Waals surface area contributed by atoms with Crippen LogP contribution in [0.4, 0.5) is 0 Å². The van der Waals surface area contributed by atoms with Crippen molar-refractivity contribution in [1.29, 1.82) is 0 Å². The predicted molar refractivity (Wildman–Crippen MR) is 71.5 cm³/mol. The molecule has 2 atom stereocenters. The molecule has 2 unspecified atom stereocenters. The van der Waals surface area contributed by atoms with Gasteiger partial charge in [0.2, 0.25) is 5.91 Å². The SMILES string of the molecule is CC(NC(=O)C1CCCCN1)c1ccc(Cl)s1. The van der Waals surface area contributed by atoms with Crippen molar-refractivity contribution >= 4 is 28.8 Å². The number of hydrogen-bond donors (Lipinski definition) is 2. The second-order valence-electron chi connectivity index (χ2n) is 4.37. The van der Waals surface area contributed by atoms with E-state index < -0.39 is 0 Å². The maximum absolute atomic E-state index is 12.0. The van der Waals surface area contributed by atoms with Crippen molar-refractivity contribution < 1.29 is 4.79 Å². The van der Waals surface area contributed by atoms with Gasteiger partial charge in [0.05, 0.1) is 16.4 Å². The van der Waals surface area contributed by atoms with Crippen LogP contribution in [0, 0.1) is 0 Å². The van der Waals surface area contributed by atoms with Gasteiger partial charge >= 0.3 is 0 Å². The first kappa shape index (κ1) is 12.9. The first-order valence-electron chi connectivity index (χ1n) is 5.96. The van der Waals surface area contributed by atoms with Crippen molar-refractivity contribution in [3.63, 3.8) is 0 Å². The minimum atomic E-state index is -0.0263. The normalized spacial score (nSPS) is 22.1. The molecule has 0 aromatic carbocycles. The van der Waals surface area contributed by atoms with Crippen molar-refractivity contribution in [2.45, 2.75) is 38.3 Å². The fourth-order valence-corrected chi connectivity index (χ4v) is 3.09. The molecule has 0 saturated carbocycles. The third-order valence-electron chi connectivity index (χ3n) is 3.01. The van der Waals surface area contributed by atoms with E-state index in [4.69, 9.17) is 11.6 Å². The molecule has 1 fully saturated rings. The predicted octanol–water partition coefficient (Wildman–Crippen LogP) is 2.72. The Morgan fingerprint density at radius 3 is 3.00 bits per heavy atom.